The molecule has 0 aromatic rings. The quantitative estimate of drug-likeness (QED) is 0.626. The zero-order chi connectivity index (χ0) is 9.23. The fourth-order valence-electron chi connectivity index (χ4n) is 1.28. The number of hydrogen-bond acceptors (Lipinski definition) is 1. The van der Waals surface area contributed by atoms with Crippen LogP contribution in [0, 0.1) is 17.8 Å². The van der Waals surface area contributed by atoms with Crippen LogP contribution >= 0.6 is 0 Å². The Morgan fingerprint density at radius 2 is 1.92 bits per heavy atom. The van der Waals surface area contributed by atoms with Crippen molar-refractivity contribution in [3.05, 3.63) is 0 Å². The summed E-state index contributed by atoms with van der Waals surface area (Å²) < 4.78 is 0. The van der Waals surface area contributed by atoms with Crippen molar-refractivity contribution >= 4 is 0 Å². The van der Waals surface area contributed by atoms with Crippen LogP contribution in [0.3, 0.4) is 0 Å². The maximum absolute atomic E-state index is 8.54. The zero-order valence-corrected chi connectivity index (χ0v) is 8.27. The van der Waals surface area contributed by atoms with Crippen molar-refractivity contribution < 1.29 is 5.11 Å². The van der Waals surface area contributed by atoms with E-state index in [9.17, 15) is 0 Å². The Morgan fingerprint density at radius 1 is 1.17 bits per heavy atom. The van der Waals surface area contributed by atoms with Gasteiger partial charge in [-0.3, -0.25) is 0 Å². The SMILES string of the molecule is CCCCC(C#CCO)CCC. The molecule has 0 aromatic heterocycles. The molecule has 1 atom stereocenters. The van der Waals surface area contributed by atoms with E-state index in [4.69, 9.17) is 5.11 Å². The summed E-state index contributed by atoms with van der Waals surface area (Å²) in [5.74, 6) is 6.37. The smallest absolute Gasteiger partial charge is 0.104 e. The maximum atomic E-state index is 8.54. The van der Waals surface area contributed by atoms with Crippen LogP contribution < -0.4 is 0 Å². The van der Waals surface area contributed by atoms with Gasteiger partial charge in [0.25, 0.3) is 0 Å². The van der Waals surface area contributed by atoms with Crippen molar-refractivity contribution in [3.63, 3.8) is 0 Å². The molecule has 70 valence electrons. The zero-order valence-electron chi connectivity index (χ0n) is 8.27. The van der Waals surface area contributed by atoms with Gasteiger partial charge in [-0.1, -0.05) is 45.0 Å². The van der Waals surface area contributed by atoms with Crippen LogP contribution in [0.2, 0.25) is 0 Å². The molecule has 1 unspecified atom stereocenters. The normalized spacial score (nSPS) is 11.9. The first-order chi connectivity index (χ1) is 5.85. The monoisotopic (exact) mass is 168 g/mol. The molecule has 0 fully saturated rings. The molecule has 0 spiro atoms. The molecule has 0 amide bonds. The van der Waals surface area contributed by atoms with Crippen LogP contribution in [0.25, 0.3) is 0 Å². The largest absolute Gasteiger partial charge is 0.384 e. The van der Waals surface area contributed by atoms with Crippen LogP contribution in [0.15, 0.2) is 0 Å². The molecule has 0 aliphatic heterocycles. The molecule has 0 aliphatic carbocycles. The molecule has 1 heteroatoms. The van der Waals surface area contributed by atoms with E-state index in [1.165, 1.54) is 32.1 Å². The van der Waals surface area contributed by atoms with Gasteiger partial charge < -0.3 is 5.11 Å². The summed E-state index contributed by atoms with van der Waals surface area (Å²) >= 11 is 0. The summed E-state index contributed by atoms with van der Waals surface area (Å²) in [6.07, 6.45) is 6.05. The highest BCUT2D eigenvalue weighted by molar-refractivity contribution is 5.03. The lowest BCUT2D eigenvalue weighted by atomic mass is 9.98. The molecule has 12 heavy (non-hydrogen) atoms. The Hall–Kier alpha value is -0.480. The third kappa shape index (κ3) is 6.24. The van der Waals surface area contributed by atoms with Crippen LogP contribution in [0.1, 0.15) is 46.0 Å². The lowest BCUT2D eigenvalue weighted by Gasteiger charge is -2.07. The second-order valence-electron chi connectivity index (χ2n) is 3.11. The summed E-state index contributed by atoms with van der Waals surface area (Å²) in [6, 6.07) is 0. The number of aliphatic hydroxyl groups is 1. The van der Waals surface area contributed by atoms with Gasteiger partial charge in [-0.25, -0.2) is 0 Å². The second kappa shape index (κ2) is 8.62. The Morgan fingerprint density at radius 3 is 2.42 bits per heavy atom. The van der Waals surface area contributed by atoms with E-state index in [2.05, 4.69) is 25.7 Å². The summed E-state index contributed by atoms with van der Waals surface area (Å²) in [5, 5.41) is 8.54. The van der Waals surface area contributed by atoms with Gasteiger partial charge in [-0.05, 0) is 12.8 Å². The molecule has 0 saturated carbocycles. The molecule has 0 heterocycles. The lowest BCUT2D eigenvalue weighted by molar-refractivity contribution is 0.350. The minimum absolute atomic E-state index is 0.00629. The van der Waals surface area contributed by atoms with Crippen LogP contribution in [-0.4, -0.2) is 11.7 Å². The number of hydrogen-bond donors (Lipinski definition) is 1. The van der Waals surface area contributed by atoms with Crippen LogP contribution in [-0.2, 0) is 0 Å². The van der Waals surface area contributed by atoms with Crippen molar-refractivity contribution in [2.45, 2.75) is 46.0 Å². The highest BCUT2D eigenvalue weighted by Crippen LogP contribution is 2.13. The molecule has 1 N–H and O–H groups in total. The first-order valence-corrected chi connectivity index (χ1v) is 4.94. The Bertz CT molecular complexity index is 141. The molecule has 0 aliphatic rings. The molecule has 0 radical (unpaired) electrons. The van der Waals surface area contributed by atoms with Gasteiger partial charge in [0.1, 0.15) is 6.61 Å². The standard InChI is InChI=1S/C11H20O/c1-3-5-8-11(7-4-2)9-6-10-12/h11-12H,3-5,7-8,10H2,1-2H3. The highest BCUT2D eigenvalue weighted by Gasteiger charge is 2.01. The topological polar surface area (TPSA) is 20.2 Å². The van der Waals surface area contributed by atoms with Crippen molar-refractivity contribution in [2.24, 2.45) is 5.92 Å². The van der Waals surface area contributed by atoms with E-state index in [1.54, 1.807) is 0 Å². The van der Waals surface area contributed by atoms with Gasteiger partial charge >= 0.3 is 0 Å². The van der Waals surface area contributed by atoms with E-state index in [-0.39, 0.29) is 6.61 Å². The minimum Gasteiger partial charge on any atom is -0.384 e. The van der Waals surface area contributed by atoms with Gasteiger partial charge in [-0.15, -0.1) is 0 Å². The molecule has 0 rings (SSSR count). The van der Waals surface area contributed by atoms with E-state index in [1.807, 2.05) is 0 Å². The first-order valence-electron chi connectivity index (χ1n) is 4.94. The van der Waals surface area contributed by atoms with Crippen molar-refractivity contribution in [3.8, 4) is 11.8 Å². The number of aliphatic hydroxyl groups excluding tert-OH is 1. The van der Waals surface area contributed by atoms with Crippen molar-refractivity contribution in [1.82, 2.24) is 0 Å². The predicted octanol–water partition coefficient (Wildman–Crippen LogP) is 2.59. The van der Waals surface area contributed by atoms with Gasteiger partial charge in [0.15, 0.2) is 0 Å². The van der Waals surface area contributed by atoms with Gasteiger partial charge in [0.05, 0.1) is 0 Å². The molecule has 1 nitrogen and oxygen atoms in total. The Balaban J connectivity index is 3.69. The van der Waals surface area contributed by atoms with Crippen molar-refractivity contribution in [1.29, 1.82) is 0 Å². The minimum atomic E-state index is 0.00629. The summed E-state index contributed by atoms with van der Waals surface area (Å²) in [5.41, 5.74) is 0. The molecule has 0 aromatic carbocycles. The fourth-order valence-corrected chi connectivity index (χ4v) is 1.28. The van der Waals surface area contributed by atoms with Crippen LogP contribution in [0.4, 0.5) is 0 Å². The van der Waals surface area contributed by atoms with Gasteiger partial charge in [-0.2, -0.15) is 0 Å². The Kier molecular flexibility index (Phi) is 8.27. The molecule has 0 saturated heterocycles. The van der Waals surface area contributed by atoms with Crippen LogP contribution in [0.5, 0.6) is 0 Å². The van der Waals surface area contributed by atoms with E-state index >= 15 is 0 Å². The summed E-state index contributed by atoms with van der Waals surface area (Å²) in [7, 11) is 0. The molecular weight excluding hydrogens is 148 g/mol. The predicted molar refractivity (Wildman–Crippen MR) is 52.8 cm³/mol. The van der Waals surface area contributed by atoms with Crippen molar-refractivity contribution in [2.75, 3.05) is 6.61 Å². The van der Waals surface area contributed by atoms with Gasteiger partial charge in [0.2, 0.25) is 0 Å². The number of rotatable bonds is 5. The summed E-state index contributed by atoms with van der Waals surface area (Å²) in [4.78, 5) is 0. The second-order valence-corrected chi connectivity index (χ2v) is 3.11. The average Bonchev–Trinajstić information content (AvgIpc) is 2.10. The van der Waals surface area contributed by atoms with E-state index < -0.39 is 0 Å². The molecular formula is C11H20O. The Labute approximate surface area is 76.2 Å². The third-order valence-electron chi connectivity index (χ3n) is 1.93. The average molecular weight is 168 g/mol. The summed E-state index contributed by atoms with van der Waals surface area (Å²) in [6.45, 7) is 4.38. The van der Waals surface area contributed by atoms with Gasteiger partial charge in [0, 0.05) is 5.92 Å². The first kappa shape index (κ1) is 11.5. The molecule has 0 bridgehead atoms. The number of unbranched alkanes of at least 4 members (excludes halogenated alkanes) is 1. The maximum Gasteiger partial charge on any atom is 0.104 e. The van der Waals surface area contributed by atoms with E-state index in [0.717, 1.165) is 0 Å². The lowest BCUT2D eigenvalue weighted by Crippen LogP contribution is -1.96. The third-order valence-corrected chi connectivity index (χ3v) is 1.93. The highest BCUT2D eigenvalue weighted by atomic mass is 16.2. The van der Waals surface area contributed by atoms with E-state index in [0.29, 0.717) is 5.92 Å². The fraction of sp³-hybridized carbons (Fsp3) is 0.818.